The minimum atomic E-state index is -0.161. The van der Waals surface area contributed by atoms with Gasteiger partial charge in [-0.25, -0.2) is 0 Å². The topological polar surface area (TPSA) is 93.2 Å². The van der Waals surface area contributed by atoms with Gasteiger partial charge in [-0.05, 0) is 31.2 Å². The molecule has 3 aliphatic rings. The fraction of sp³-hybridized carbons (Fsp3) is 0.429. The Morgan fingerprint density at radius 1 is 1.36 bits per heavy atom. The molecule has 1 saturated heterocycles. The first-order valence-corrected chi connectivity index (χ1v) is 9.54. The van der Waals surface area contributed by atoms with E-state index < -0.39 is 0 Å². The first-order chi connectivity index (χ1) is 13.6. The molecule has 7 heteroatoms. The standard InChI is InChI=1S/C21H26N4O3/c1-13-11-25(8-9-27-13)18-12-28-19-10-14(26-2)6-7-15(19)21(18)24-17-5-3-4-16(22)20(17)23/h3-7,10,13,18,21,23H,8-9,11-12,22H2,1-2H3. The second kappa shape index (κ2) is 7.77. The van der Waals surface area contributed by atoms with Crippen LogP contribution in [0.25, 0.3) is 0 Å². The van der Waals surface area contributed by atoms with Gasteiger partial charge in [-0.1, -0.05) is 6.08 Å². The Morgan fingerprint density at radius 2 is 2.21 bits per heavy atom. The summed E-state index contributed by atoms with van der Waals surface area (Å²) in [7, 11) is 1.64. The van der Waals surface area contributed by atoms with Crippen molar-refractivity contribution in [2.45, 2.75) is 25.1 Å². The Bertz CT molecular complexity index is 861. The van der Waals surface area contributed by atoms with Crippen LogP contribution in [0.15, 0.2) is 47.1 Å². The first-order valence-electron chi connectivity index (χ1n) is 9.54. The van der Waals surface area contributed by atoms with E-state index >= 15 is 0 Å². The highest BCUT2D eigenvalue weighted by atomic mass is 16.5. The highest BCUT2D eigenvalue weighted by molar-refractivity contribution is 6.51. The molecule has 28 heavy (non-hydrogen) atoms. The average Bonchev–Trinajstić information content (AvgIpc) is 2.71. The Hall–Kier alpha value is -2.64. The van der Waals surface area contributed by atoms with Gasteiger partial charge < -0.3 is 19.9 Å². The quantitative estimate of drug-likeness (QED) is 0.781. The second-order valence-electron chi connectivity index (χ2n) is 7.27. The fourth-order valence-electron chi connectivity index (χ4n) is 3.91. The molecule has 2 heterocycles. The summed E-state index contributed by atoms with van der Waals surface area (Å²) in [4.78, 5) is 7.37. The lowest BCUT2D eigenvalue weighted by molar-refractivity contribution is -0.0476. The molecule has 0 amide bonds. The SMILES string of the molecule is COc1ccc2c(c1)OCC(N1CCOC(C)C1)C2N=C1C=CC=C(N)C1=N. The van der Waals surface area contributed by atoms with Crippen molar-refractivity contribution in [3.63, 3.8) is 0 Å². The third kappa shape index (κ3) is 3.55. The van der Waals surface area contributed by atoms with E-state index in [4.69, 9.17) is 30.3 Å². The molecule has 148 valence electrons. The van der Waals surface area contributed by atoms with Crippen LogP contribution in [-0.2, 0) is 4.74 Å². The van der Waals surface area contributed by atoms with Gasteiger partial charge in [0.05, 0.1) is 43.3 Å². The maximum atomic E-state index is 8.30. The summed E-state index contributed by atoms with van der Waals surface area (Å²) in [5.74, 6) is 1.53. The van der Waals surface area contributed by atoms with Crippen LogP contribution >= 0.6 is 0 Å². The Kier molecular flexibility index (Phi) is 5.19. The summed E-state index contributed by atoms with van der Waals surface area (Å²) in [5.41, 5.74) is 8.23. The van der Waals surface area contributed by atoms with Gasteiger partial charge in [0.2, 0.25) is 0 Å². The molecule has 3 N–H and O–H groups in total. The van der Waals surface area contributed by atoms with Gasteiger partial charge in [-0.2, -0.15) is 0 Å². The number of morpholine rings is 1. The fourth-order valence-corrected chi connectivity index (χ4v) is 3.91. The van der Waals surface area contributed by atoms with Crippen molar-refractivity contribution in [2.75, 3.05) is 33.4 Å². The van der Waals surface area contributed by atoms with Crippen LogP contribution in [0.2, 0.25) is 0 Å². The molecular formula is C21H26N4O3. The van der Waals surface area contributed by atoms with Gasteiger partial charge >= 0.3 is 0 Å². The molecule has 3 atom stereocenters. The zero-order valence-electron chi connectivity index (χ0n) is 16.2. The molecule has 7 nitrogen and oxygen atoms in total. The first kappa shape index (κ1) is 18.7. The number of nitrogens with two attached hydrogens (primary N) is 1. The molecule has 0 radical (unpaired) electrons. The lowest BCUT2D eigenvalue weighted by Crippen LogP contribution is -2.52. The molecule has 1 aliphatic carbocycles. The maximum absolute atomic E-state index is 8.30. The molecule has 2 aliphatic heterocycles. The highest BCUT2D eigenvalue weighted by Gasteiger charge is 2.37. The van der Waals surface area contributed by atoms with Crippen LogP contribution in [-0.4, -0.2) is 61.9 Å². The number of rotatable bonds is 3. The van der Waals surface area contributed by atoms with Crippen molar-refractivity contribution in [3.05, 3.63) is 47.7 Å². The average molecular weight is 382 g/mol. The van der Waals surface area contributed by atoms with Crippen molar-refractivity contribution in [3.8, 4) is 11.5 Å². The molecule has 0 spiro atoms. The molecule has 1 aromatic rings. The minimum absolute atomic E-state index is 0.0630. The number of ether oxygens (including phenoxy) is 3. The Morgan fingerprint density at radius 3 is 3.00 bits per heavy atom. The number of hydrogen-bond acceptors (Lipinski definition) is 7. The van der Waals surface area contributed by atoms with Crippen LogP contribution in [0.5, 0.6) is 11.5 Å². The van der Waals surface area contributed by atoms with E-state index in [1.54, 1.807) is 13.2 Å². The van der Waals surface area contributed by atoms with Crippen LogP contribution < -0.4 is 15.2 Å². The molecular weight excluding hydrogens is 356 g/mol. The maximum Gasteiger partial charge on any atom is 0.128 e. The van der Waals surface area contributed by atoms with Gasteiger partial charge in [0.25, 0.3) is 0 Å². The van der Waals surface area contributed by atoms with Gasteiger partial charge in [-0.3, -0.25) is 15.3 Å². The van der Waals surface area contributed by atoms with E-state index in [1.165, 1.54) is 0 Å². The van der Waals surface area contributed by atoms with Crippen LogP contribution in [0.3, 0.4) is 0 Å². The third-order valence-electron chi connectivity index (χ3n) is 5.41. The summed E-state index contributed by atoms with van der Waals surface area (Å²) >= 11 is 0. The van der Waals surface area contributed by atoms with Gasteiger partial charge in [0.1, 0.15) is 23.8 Å². The Labute approximate surface area is 165 Å². The zero-order valence-corrected chi connectivity index (χ0v) is 16.2. The molecule has 1 fully saturated rings. The van der Waals surface area contributed by atoms with E-state index in [0.717, 1.165) is 30.2 Å². The largest absolute Gasteiger partial charge is 0.497 e. The summed E-state index contributed by atoms with van der Waals surface area (Å²) in [6, 6.07) is 5.74. The number of aliphatic imine (C=N–C) groups is 1. The van der Waals surface area contributed by atoms with Crippen LogP contribution in [0.4, 0.5) is 0 Å². The van der Waals surface area contributed by atoms with Crippen molar-refractivity contribution < 1.29 is 14.2 Å². The molecule has 0 saturated carbocycles. The number of nitrogens with zero attached hydrogens (tertiary/aromatic N) is 2. The summed E-state index contributed by atoms with van der Waals surface area (Å²) in [6.45, 7) is 4.97. The molecule has 4 rings (SSSR count). The number of hydrogen-bond donors (Lipinski definition) is 2. The zero-order chi connectivity index (χ0) is 19.7. The van der Waals surface area contributed by atoms with Crippen LogP contribution in [0, 0.1) is 5.41 Å². The number of benzene rings is 1. The third-order valence-corrected chi connectivity index (χ3v) is 5.41. The summed E-state index contributed by atoms with van der Waals surface area (Å²) in [5, 5.41) is 8.30. The number of fused-ring (bicyclic) bond motifs is 1. The van der Waals surface area contributed by atoms with Crippen molar-refractivity contribution in [1.29, 1.82) is 5.41 Å². The van der Waals surface area contributed by atoms with E-state index in [1.807, 2.05) is 30.4 Å². The lowest BCUT2D eigenvalue weighted by Gasteiger charge is -2.42. The normalized spacial score (nSPS) is 29.2. The lowest BCUT2D eigenvalue weighted by atomic mass is 9.94. The minimum Gasteiger partial charge on any atom is -0.497 e. The predicted octanol–water partition coefficient (Wildman–Crippen LogP) is 2.09. The predicted molar refractivity (Wildman–Crippen MR) is 109 cm³/mol. The molecule has 3 unspecified atom stereocenters. The van der Waals surface area contributed by atoms with E-state index in [9.17, 15) is 0 Å². The van der Waals surface area contributed by atoms with Gasteiger partial charge in [0, 0.05) is 24.7 Å². The molecule has 0 bridgehead atoms. The summed E-state index contributed by atoms with van der Waals surface area (Å²) < 4.78 is 17.1. The summed E-state index contributed by atoms with van der Waals surface area (Å²) in [6.07, 6.45) is 5.58. The van der Waals surface area contributed by atoms with Crippen molar-refractivity contribution in [1.82, 2.24) is 4.90 Å². The van der Waals surface area contributed by atoms with E-state index in [0.29, 0.717) is 24.6 Å². The van der Waals surface area contributed by atoms with Gasteiger partial charge in [0.15, 0.2) is 0 Å². The van der Waals surface area contributed by atoms with Gasteiger partial charge in [-0.15, -0.1) is 0 Å². The molecule has 0 aromatic heterocycles. The van der Waals surface area contributed by atoms with Crippen molar-refractivity contribution >= 4 is 11.4 Å². The highest BCUT2D eigenvalue weighted by Crippen LogP contribution is 2.39. The van der Waals surface area contributed by atoms with Crippen LogP contribution in [0.1, 0.15) is 18.5 Å². The second-order valence-corrected chi connectivity index (χ2v) is 7.27. The van der Waals surface area contributed by atoms with E-state index in [-0.39, 0.29) is 23.9 Å². The molecule has 1 aromatic carbocycles. The number of methoxy groups -OCH3 is 1. The number of allylic oxidation sites excluding steroid dienone is 4. The Balaban J connectivity index is 1.73. The van der Waals surface area contributed by atoms with E-state index in [2.05, 4.69) is 11.8 Å². The monoisotopic (exact) mass is 382 g/mol. The van der Waals surface area contributed by atoms with Crippen molar-refractivity contribution in [2.24, 2.45) is 10.7 Å². The number of nitrogens with one attached hydrogen (secondary N) is 1. The smallest absolute Gasteiger partial charge is 0.128 e.